The zero-order valence-electron chi connectivity index (χ0n) is 18.4. The number of aryl methyl sites for hydroxylation is 2. The Kier molecular flexibility index (Phi) is 7.18. The van der Waals surface area contributed by atoms with Crippen molar-refractivity contribution in [3.63, 3.8) is 0 Å². The zero-order valence-corrected chi connectivity index (χ0v) is 18.4. The molecule has 0 N–H and O–H groups in total. The van der Waals surface area contributed by atoms with E-state index in [-0.39, 0.29) is 11.6 Å². The minimum absolute atomic E-state index is 0.115. The van der Waals surface area contributed by atoms with Crippen molar-refractivity contribution in [3.8, 4) is 22.6 Å². The van der Waals surface area contributed by atoms with Crippen molar-refractivity contribution >= 4 is 10.8 Å². The predicted octanol–water partition coefficient (Wildman–Crippen LogP) is 7.82. The third-order valence-electron chi connectivity index (χ3n) is 5.53. The normalized spacial score (nSPS) is 11.2. The van der Waals surface area contributed by atoms with E-state index in [1.54, 1.807) is 12.1 Å². The zero-order chi connectivity index (χ0) is 23.2. The minimum Gasteiger partial charge on any atom is -0.494 e. The molecule has 0 saturated heterocycles. The molecule has 0 spiro atoms. The summed E-state index contributed by atoms with van der Waals surface area (Å²) >= 11 is 0. The van der Waals surface area contributed by atoms with Gasteiger partial charge >= 0.3 is 6.61 Å². The fourth-order valence-electron chi connectivity index (χ4n) is 3.79. The molecule has 2 nitrogen and oxygen atoms in total. The molecule has 0 aliphatic rings. The fraction of sp³-hybridized carbons (Fsp3) is 0.214. The summed E-state index contributed by atoms with van der Waals surface area (Å²) in [6.45, 7) is -0.0863. The first-order valence-corrected chi connectivity index (χ1v) is 11.0. The van der Waals surface area contributed by atoms with Crippen molar-refractivity contribution in [2.45, 2.75) is 32.8 Å². The second kappa shape index (κ2) is 10.4. The van der Waals surface area contributed by atoms with E-state index in [1.165, 1.54) is 12.1 Å². The van der Waals surface area contributed by atoms with Crippen LogP contribution in [0, 0.1) is 5.82 Å². The van der Waals surface area contributed by atoms with Gasteiger partial charge in [0.25, 0.3) is 0 Å². The molecule has 0 heterocycles. The van der Waals surface area contributed by atoms with E-state index in [0.29, 0.717) is 30.4 Å². The molecule has 4 aromatic carbocycles. The summed E-state index contributed by atoms with van der Waals surface area (Å²) in [4.78, 5) is 0. The van der Waals surface area contributed by atoms with Crippen molar-refractivity contribution in [2.24, 2.45) is 0 Å². The quantitative estimate of drug-likeness (QED) is 0.259. The first-order chi connectivity index (χ1) is 16.0. The molecule has 4 rings (SSSR count). The van der Waals surface area contributed by atoms with E-state index in [4.69, 9.17) is 4.74 Å². The molecule has 4 aromatic rings. The van der Waals surface area contributed by atoms with Crippen LogP contribution < -0.4 is 9.47 Å². The number of rotatable bonds is 9. The van der Waals surface area contributed by atoms with E-state index in [0.717, 1.165) is 34.2 Å². The highest BCUT2D eigenvalue weighted by Gasteiger charge is 2.10. The van der Waals surface area contributed by atoms with Crippen LogP contribution in [0.2, 0.25) is 0 Å². The maximum absolute atomic E-state index is 15.2. The van der Waals surface area contributed by atoms with Gasteiger partial charge in [-0.2, -0.15) is 8.78 Å². The van der Waals surface area contributed by atoms with Crippen molar-refractivity contribution in [3.05, 3.63) is 95.8 Å². The Morgan fingerprint density at radius 2 is 1.45 bits per heavy atom. The first-order valence-electron chi connectivity index (χ1n) is 11.0. The number of hydrogen-bond donors (Lipinski definition) is 0. The maximum atomic E-state index is 15.2. The van der Waals surface area contributed by atoms with Crippen molar-refractivity contribution in [1.29, 1.82) is 0 Å². The standard InChI is InChI=1S/C28H25F3O2/c1-2-17-32-24-14-9-20(10-15-24)22-11-16-26-23(18-22)8-7-21(27(26)29)6-3-19-4-12-25(13-5-19)33-28(30)31/h4-5,7-16,18,28H,2-3,6,17H2,1H3. The number of halogens is 3. The number of benzene rings is 4. The van der Waals surface area contributed by atoms with Crippen LogP contribution in [-0.4, -0.2) is 13.2 Å². The number of ether oxygens (including phenoxy) is 2. The molecule has 0 aliphatic heterocycles. The van der Waals surface area contributed by atoms with Crippen LogP contribution in [0.5, 0.6) is 11.5 Å². The average Bonchev–Trinajstić information content (AvgIpc) is 2.83. The predicted molar refractivity (Wildman–Crippen MR) is 126 cm³/mol. The Balaban J connectivity index is 1.47. The SMILES string of the molecule is CCCOc1ccc(-c2ccc3c(F)c(CCc4ccc(OC(F)F)cc4)ccc3c2)cc1. The van der Waals surface area contributed by atoms with Gasteiger partial charge in [-0.1, -0.05) is 55.5 Å². The van der Waals surface area contributed by atoms with E-state index in [2.05, 4.69) is 11.7 Å². The van der Waals surface area contributed by atoms with Crippen LogP contribution >= 0.6 is 0 Å². The van der Waals surface area contributed by atoms with Crippen LogP contribution in [0.4, 0.5) is 13.2 Å². The van der Waals surface area contributed by atoms with E-state index < -0.39 is 6.61 Å². The lowest BCUT2D eigenvalue weighted by atomic mass is 9.97. The van der Waals surface area contributed by atoms with Gasteiger partial charge in [-0.05, 0) is 77.2 Å². The Hall–Kier alpha value is -3.47. The van der Waals surface area contributed by atoms with Crippen LogP contribution in [0.3, 0.4) is 0 Å². The molecule has 0 unspecified atom stereocenters. The fourth-order valence-corrected chi connectivity index (χ4v) is 3.79. The number of fused-ring (bicyclic) bond motifs is 1. The Morgan fingerprint density at radius 3 is 2.15 bits per heavy atom. The van der Waals surface area contributed by atoms with E-state index in [9.17, 15) is 8.78 Å². The largest absolute Gasteiger partial charge is 0.494 e. The van der Waals surface area contributed by atoms with Gasteiger partial charge in [-0.15, -0.1) is 0 Å². The molecule has 0 atom stereocenters. The summed E-state index contributed by atoms with van der Waals surface area (Å²) in [5.74, 6) is 0.734. The summed E-state index contributed by atoms with van der Waals surface area (Å²) in [6.07, 6.45) is 2.07. The Morgan fingerprint density at radius 1 is 0.758 bits per heavy atom. The van der Waals surface area contributed by atoms with Crippen molar-refractivity contribution in [2.75, 3.05) is 6.61 Å². The number of hydrogen-bond acceptors (Lipinski definition) is 2. The van der Waals surface area contributed by atoms with Crippen molar-refractivity contribution in [1.82, 2.24) is 0 Å². The second-order valence-electron chi connectivity index (χ2n) is 7.87. The molecule has 0 fully saturated rings. The van der Waals surface area contributed by atoms with Gasteiger partial charge in [0.1, 0.15) is 17.3 Å². The monoisotopic (exact) mass is 450 g/mol. The van der Waals surface area contributed by atoms with Crippen LogP contribution in [-0.2, 0) is 12.8 Å². The topological polar surface area (TPSA) is 18.5 Å². The summed E-state index contributed by atoms with van der Waals surface area (Å²) in [6, 6.07) is 23.9. The molecule has 0 aromatic heterocycles. The van der Waals surface area contributed by atoms with Crippen LogP contribution in [0.1, 0.15) is 24.5 Å². The Labute approximate surface area is 191 Å². The maximum Gasteiger partial charge on any atom is 0.387 e. The molecule has 5 heteroatoms. The molecule has 0 saturated carbocycles. The average molecular weight is 450 g/mol. The Bertz CT molecular complexity index is 1200. The molecule has 33 heavy (non-hydrogen) atoms. The lowest BCUT2D eigenvalue weighted by molar-refractivity contribution is -0.0498. The van der Waals surface area contributed by atoms with Gasteiger partial charge in [0.15, 0.2) is 0 Å². The lowest BCUT2D eigenvalue weighted by Gasteiger charge is -2.10. The molecule has 170 valence electrons. The van der Waals surface area contributed by atoms with Crippen molar-refractivity contribution < 1.29 is 22.6 Å². The van der Waals surface area contributed by atoms with Crippen LogP contribution in [0.15, 0.2) is 78.9 Å². The molecule has 0 aliphatic carbocycles. The smallest absolute Gasteiger partial charge is 0.387 e. The van der Waals surface area contributed by atoms with Gasteiger partial charge in [0.2, 0.25) is 0 Å². The van der Waals surface area contributed by atoms with Gasteiger partial charge in [-0.25, -0.2) is 4.39 Å². The number of alkyl halides is 2. The molecular weight excluding hydrogens is 425 g/mol. The molecule has 0 amide bonds. The van der Waals surface area contributed by atoms with E-state index >= 15 is 4.39 Å². The highest BCUT2D eigenvalue weighted by atomic mass is 19.3. The summed E-state index contributed by atoms with van der Waals surface area (Å²) < 4.78 is 49.7. The summed E-state index contributed by atoms with van der Waals surface area (Å²) in [5.41, 5.74) is 3.62. The third-order valence-corrected chi connectivity index (χ3v) is 5.53. The summed E-state index contributed by atoms with van der Waals surface area (Å²) in [5, 5.41) is 1.42. The lowest BCUT2D eigenvalue weighted by Crippen LogP contribution is -2.02. The second-order valence-corrected chi connectivity index (χ2v) is 7.87. The third kappa shape index (κ3) is 5.67. The molecular formula is C28H25F3O2. The minimum atomic E-state index is -2.85. The van der Waals surface area contributed by atoms with Gasteiger partial charge in [-0.3, -0.25) is 0 Å². The highest BCUT2D eigenvalue weighted by Crippen LogP contribution is 2.29. The van der Waals surface area contributed by atoms with Gasteiger partial charge in [0.05, 0.1) is 6.61 Å². The first kappa shape index (κ1) is 22.7. The van der Waals surface area contributed by atoms with E-state index in [1.807, 2.05) is 54.6 Å². The van der Waals surface area contributed by atoms with Gasteiger partial charge < -0.3 is 9.47 Å². The van der Waals surface area contributed by atoms with Crippen LogP contribution in [0.25, 0.3) is 21.9 Å². The van der Waals surface area contributed by atoms with Gasteiger partial charge in [0, 0.05) is 5.39 Å². The summed E-state index contributed by atoms with van der Waals surface area (Å²) in [7, 11) is 0. The molecule has 0 bridgehead atoms. The highest BCUT2D eigenvalue weighted by molar-refractivity contribution is 5.88. The molecule has 0 radical (unpaired) electrons.